The maximum Gasteiger partial charge on any atom is 0.322 e. The fourth-order valence-electron chi connectivity index (χ4n) is 2.00. The predicted molar refractivity (Wildman–Crippen MR) is 97.5 cm³/mol. The summed E-state index contributed by atoms with van der Waals surface area (Å²) in [5, 5.41) is 25.2. The smallest absolute Gasteiger partial charge is 0.322 e. The lowest BCUT2D eigenvalue weighted by atomic mass is 10.0. The van der Waals surface area contributed by atoms with Crippen molar-refractivity contribution in [1.29, 1.82) is 0 Å². The number of aliphatic hydroxyl groups excluding tert-OH is 1. The zero-order valence-corrected chi connectivity index (χ0v) is 16.0. The number of thiol groups is 1. The van der Waals surface area contributed by atoms with Gasteiger partial charge >= 0.3 is 5.97 Å². The van der Waals surface area contributed by atoms with Crippen molar-refractivity contribution in [3.63, 3.8) is 0 Å². The molecule has 11 heteroatoms. The second-order valence-electron chi connectivity index (χ2n) is 6.32. The van der Waals surface area contributed by atoms with Gasteiger partial charge in [-0.1, -0.05) is 13.8 Å². The van der Waals surface area contributed by atoms with Gasteiger partial charge in [0.05, 0.1) is 12.1 Å². The van der Waals surface area contributed by atoms with Gasteiger partial charge in [0, 0.05) is 5.75 Å². The number of carbonyl (C=O) groups is 4. The van der Waals surface area contributed by atoms with Crippen LogP contribution < -0.4 is 21.7 Å². The van der Waals surface area contributed by atoms with Crippen molar-refractivity contribution in [1.82, 2.24) is 16.0 Å². The first-order chi connectivity index (χ1) is 12.0. The molecule has 10 nitrogen and oxygen atoms in total. The number of carboxylic acids is 1. The van der Waals surface area contributed by atoms with Crippen LogP contribution in [0.15, 0.2) is 0 Å². The van der Waals surface area contributed by atoms with E-state index in [2.05, 4.69) is 28.6 Å². The number of hydrogen-bond donors (Lipinski definition) is 7. The number of amides is 3. The van der Waals surface area contributed by atoms with Gasteiger partial charge < -0.3 is 31.9 Å². The Morgan fingerprint density at radius 2 is 1.62 bits per heavy atom. The summed E-state index contributed by atoms with van der Waals surface area (Å²) in [5.41, 5.74) is 5.58. The summed E-state index contributed by atoms with van der Waals surface area (Å²) < 4.78 is 0. The maximum absolute atomic E-state index is 12.5. The molecule has 0 aromatic rings. The Morgan fingerprint density at radius 3 is 2.04 bits per heavy atom. The molecule has 0 aliphatic carbocycles. The molecular weight excluding hydrogens is 364 g/mol. The summed E-state index contributed by atoms with van der Waals surface area (Å²) in [5.74, 6) is -3.23. The molecule has 0 rings (SSSR count). The largest absolute Gasteiger partial charge is 0.480 e. The third-order valence-electron chi connectivity index (χ3n) is 3.35. The van der Waals surface area contributed by atoms with Crippen LogP contribution in [0.2, 0.25) is 0 Å². The lowest BCUT2D eigenvalue weighted by Crippen LogP contribution is -2.59. The van der Waals surface area contributed by atoms with Gasteiger partial charge in [0.1, 0.15) is 18.6 Å². The monoisotopic (exact) mass is 392 g/mol. The van der Waals surface area contributed by atoms with Gasteiger partial charge in [0.25, 0.3) is 0 Å². The molecule has 0 saturated carbocycles. The van der Waals surface area contributed by atoms with Gasteiger partial charge in [0.2, 0.25) is 17.7 Å². The highest BCUT2D eigenvalue weighted by Crippen LogP contribution is 2.07. The molecule has 0 radical (unpaired) electrons. The number of aliphatic carboxylic acids is 1. The number of carbonyl (C=O) groups excluding carboxylic acids is 3. The van der Waals surface area contributed by atoms with Gasteiger partial charge in [-0.15, -0.1) is 0 Å². The molecule has 0 saturated heterocycles. The molecule has 0 heterocycles. The van der Waals surface area contributed by atoms with Crippen LogP contribution in [0.5, 0.6) is 0 Å². The number of hydrogen-bond acceptors (Lipinski definition) is 7. The van der Waals surface area contributed by atoms with Crippen LogP contribution in [0.25, 0.3) is 0 Å². The zero-order chi connectivity index (χ0) is 20.4. The Hall–Kier alpha value is -1.85. The van der Waals surface area contributed by atoms with E-state index < -0.39 is 54.5 Å². The van der Waals surface area contributed by atoms with E-state index in [1.807, 2.05) is 13.8 Å². The van der Waals surface area contributed by atoms with Crippen LogP contribution >= 0.6 is 12.6 Å². The molecule has 7 N–H and O–H groups in total. The van der Waals surface area contributed by atoms with Gasteiger partial charge in [-0.3, -0.25) is 19.2 Å². The molecule has 150 valence electrons. The number of carboxylic acid groups (broad SMARTS) is 1. The molecule has 0 fully saturated rings. The number of rotatable bonds is 11. The lowest BCUT2D eigenvalue weighted by molar-refractivity contribution is -0.139. The van der Waals surface area contributed by atoms with Crippen molar-refractivity contribution in [3.05, 3.63) is 0 Å². The number of aliphatic hydroxyl groups is 1. The molecule has 0 aromatic heterocycles. The lowest BCUT2D eigenvalue weighted by Gasteiger charge is -2.26. The van der Waals surface area contributed by atoms with Crippen molar-refractivity contribution in [2.24, 2.45) is 11.7 Å². The normalized spacial score (nSPS) is 15.5. The Balaban J connectivity index is 5.12. The summed E-state index contributed by atoms with van der Waals surface area (Å²) in [6, 6.07) is -3.24. The van der Waals surface area contributed by atoms with E-state index >= 15 is 0 Å². The first-order valence-corrected chi connectivity index (χ1v) is 8.77. The highest BCUT2D eigenvalue weighted by atomic mass is 32.1. The fraction of sp³-hybridized carbons (Fsp3) is 0.733. The average molecular weight is 392 g/mol. The molecule has 4 atom stereocenters. The summed E-state index contributed by atoms with van der Waals surface area (Å²) in [6.45, 7) is 4.31. The molecule has 4 unspecified atom stereocenters. The first kappa shape index (κ1) is 24.1. The Morgan fingerprint density at radius 1 is 1.04 bits per heavy atom. The first-order valence-electron chi connectivity index (χ1n) is 8.14. The van der Waals surface area contributed by atoms with E-state index in [0.29, 0.717) is 0 Å². The van der Waals surface area contributed by atoms with Crippen molar-refractivity contribution in [2.45, 2.75) is 51.4 Å². The van der Waals surface area contributed by atoms with Crippen LogP contribution in [0.3, 0.4) is 0 Å². The van der Waals surface area contributed by atoms with E-state index in [1.54, 1.807) is 0 Å². The SMILES string of the molecule is CC(C)CC(NC(=O)C(N)CS)C(=O)NC(C(=O)NCC(=O)O)C(C)O. The van der Waals surface area contributed by atoms with Crippen LogP contribution in [-0.4, -0.2) is 70.4 Å². The van der Waals surface area contributed by atoms with Crippen molar-refractivity contribution < 1.29 is 29.4 Å². The van der Waals surface area contributed by atoms with Gasteiger partial charge in [-0.25, -0.2) is 0 Å². The summed E-state index contributed by atoms with van der Waals surface area (Å²) in [6.07, 6.45) is -0.997. The summed E-state index contributed by atoms with van der Waals surface area (Å²) >= 11 is 3.93. The Labute approximate surface area is 157 Å². The Kier molecular flexibility index (Phi) is 10.9. The van der Waals surface area contributed by atoms with Gasteiger partial charge in [-0.05, 0) is 19.3 Å². The standard InChI is InChI=1S/C15H28N4O6S/c1-7(2)4-10(18-13(23)9(16)6-26)14(24)19-12(8(3)20)15(25)17-5-11(21)22/h7-10,12,20,26H,4-6,16H2,1-3H3,(H,17,25)(H,18,23)(H,19,24)(H,21,22). The molecule has 3 amide bonds. The molecule has 0 aliphatic rings. The van der Waals surface area contributed by atoms with Crippen LogP contribution in [0.4, 0.5) is 0 Å². The van der Waals surface area contributed by atoms with Crippen LogP contribution in [0, 0.1) is 5.92 Å². The van der Waals surface area contributed by atoms with E-state index in [0.717, 1.165) is 0 Å². The molecule has 0 aliphatic heterocycles. The minimum atomic E-state index is -1.37. The van der Waals surface area contributed by atoms with Crippen LogP contribution in [0.1, 0.15) is 27.2 Å². The molecular formula is C15H28N4O6S. The van der Waals surface area contributed by atoms with Crippen molar-refractivity contribution in [3.8, 4) is 0 Å². The molecule has 0 spiro atoms. The van der Waals surface area contributed by atoms with E-state index in [-0.39, 0.29) is 18.1 Å². The van der Waals surface area contributed by atoms with Gasteiger partial charge in [-0.2, -0.15) is 12.6 Å². The second-order valence-corrected chi connectivity index (χ2v) is 6.68. The predicted octanol–water partition coefficient (Wildman–Crippen LogP) is -2.16. The Bertz CT molecular complexity index is 514. The third kappa shape index (κ3) is 9.02. The minimum absolute atomic E-state index is 0.0455. The molecule has 0 aromatic carbocycles. The number of nitrogens with one attached hydrogen (secondary N) is 3. The summed E-state index contributed by atoms with van der Waals surface area (Å²) in [4.78, 5) is 46.9. The van der Waals surface area contributed by atoms with Gasteiger partial charge in [0.15, 0.2) is 0 Å². The van der Waals surface area contributed by atoms with Crippen molar-refractivity contribution in [2.75, 3.05) is 12.3 Å². The maximum atomic E-state index is 12.5. The second kappa shape index (κ2) is 11.7. The van der Waals surface area contributed by atoms with Crippen molar-refractivity contribution >= 4 is 36.3 Å². The summed E-state index contributed by atoms with van der Waals surface area (Å²) in [7, 11) is 0. The topological polar surface area (TPSA) is 171 Å². The molecule has 26 heavy (non-hydrogen) atoms. The van der Waals surface area contributed by atoms with E-state index in [1.165, 1.54) is 6.92 Å². The van der Waals surface area contributed by atoms with E-state index in [4.69, 9.17) is 10.8 Å². The highest BCUT2D eigenvalue weighted by Gasteiger charge is 2.30. The minimum Gasteiger partial charge on any atom is -0.480 e. The van der Waals surface area contributed by atoms with E-state index in [9.17, 15) is 24.3 Å². The third-order valence-corrected chi connectivity index (χ3v) is 3.74. The quantitative estimate of drug-likeness (QED) is 0.196. The number of nitrogens with two attached hydrogens (primary N) is 1. The highest BCUT2D eigenvalue weighted by molar-refractivity contribution is 7.80. The van der Waals surface area contributed by atoms with Crippen LogP contribution in [-0.2, 0) is 19.2 Å². The average Bonchev–Trinajstić information content (AvgIpc) is 2.54. The molecule has 0 bridgehead atoms. The fourth-order valence-corrected chi connectivity index (χ4v) is 2.16. The zero-order valence-electron chi connectivity index (χ0n) is 15.1.